The van der Waals surface area contributed by atoms with Crippen LogP contribution in [0.1, 0.15) is 10.4 Å². The molecule has 0 saturated carbocycles. The Balaban J connectivity index is 2.27. The molecule has 3 heteroatoms. The van der Waals surface area contributed by atoms with Crippen molar-refractivity contribution in [2.45, 2.75) is 0 Å². The molecule has 0 saturated heterocycles. The predicted molar refractivity (Wildman–Crippen MR) is 77.6 cm³/mol. The van der Waals surface area contributed by atoms with Crippen LogP contribution < -0.4 is 0 Å². The molecule has 0 aliphatic rings. The second-order valence-electron chi connectivity index (χ2n) is 4.26. The first-order chi connectivity index (χ1) is 9.29. The van der Waals surface area contributed by atoms with Crippen LogP contribution in [0.4, 0.5) is 0 Å². The molecule has 0 N–H and O–H groups in total. The minimum atomic E-state index is 0.470. The van der Waals surface area contributed by atoms with Crippen LogP contribution in [0.15, 0.2) is 54.9 Å². The molecule has 1 heterocycles. The van der Waals surface area contributed by atoms with E-state index in [1.807, 2.05) is 36.5 Å². The maximum absolute atomic E-state index is 11.0. The Hall–Kier alpha value is -2.19. The molecule has 0 amide bonds. The van der Waals surface area contributed by atoms with Gasteiger partial charge in [-0.2, -0.15) is 0 Å². The van der Waals surface area contributed by atoms with Gasteiger partial charge in [0.25, 0.3) is 0 Å². The zero-order valence-electron chi connectivity index (χ0n) is 10.0. The average Bonchev–Trinajstić information content (AvgIpc) is 2.47. The lowest BCUT2D eigenvalue weighted by Gasteiger charge is -2.07. The zero-order chi connectivity index (χ0) is 13.2. The van der Waals surface area contributed by atoms with Gasteiger partial charge in [-0.1, -0.05) is 35.9 Å². The summed E-state index contributed by atoms with van der Waals surface area (Å²) in [5, 5.41) is 2.65. The van der Waals surface area contributed by atoms with E-state index in [-0.39, 0.29) is 0 Å². The smallest absolute Gasteiger partial charge is 0.151 e. The Morgan fingerprint density at radius 1 is 1.11 bits per heavy atom. The van der Waals surface area contributed by atoms with Crippen LogP contribution >= 0.6 is 11.6 Å². The molecule has 2 aromatic carbocycles. The topological polar surface area (TPSA) is 30.0 Å². The lowest BCUT2D eigenvalue weighted by molar-refractivity contribution is 0.112. The molecule has 19 heavy (non-hydrogen) atoms. The molecule has 0 fully saturated rings. The normalized spacial score (nSPS) is 10.6. The van der Waals surface area contributed by atoms with Crippen molar-refractivity contribution in [3.05, 3.63) is 65.4 Å². The predicted octanol–water partition coefficient (Wildman–Crippen LogP) is 4.37. The number of pyridine rings is 1. The number of rotatable bonds is 2. The minimum Gasteiger partial charge on any atom is -0.298 e. The molecular weight excluding hydrogens is 258 g/mol. The van der Waals surface area contributed by atoms with Crippen LogP contribution in [0.5, 0.6) is 0 Å². The fraction of sp³-hybridized carbons (Fsp3) is 0. The molecule has 0 spiro atoms. The highest BCUT2D eigenvalue weighted by Gasteiger charge is 2.06. The van der Waals surface area contributed by atoms with Crippen LogP contribution in [-0.2, 0) is 0 Å². The first-order valence-electron chi connectivity index (χ1n) is 5.87. The van der Waals surface area contributed by atoms with E-state index in [1.54, 1.807) is 18.3 Å². The van der Waals surface area contributed by atoms with Gasteiger partial charge in [0, 0.05) is 23.3 Å². The van der Waals surface area contributed by atoms with Gasteiger partial charge in [-0.05, 0) is 34.7 Å². The van der Waals surface area contributed by atoms with Crippen LogP contribution in [-0.4, -0.2) is 11.3 Å². The van der Waals surface area contributed by atoms with E-state index in [0.29, 0.717) is 10.6 Å². The average molecular weight is 268 g/mol. The Labute approximate surface area is 115 Å². The number of halogens is 1. The van der Waals surface area contributed by atoms with Crippen molar-refractivity contribution < 1.29 is 4.79 Å². The number of hydrogen-bond donors (Lipinski definition) is 0. The summed E-state index contributed by atoms with van der Waals surface area (Å²) in [5.74, 6) is 0. The van der Waals surface area contributed by atoms with Crippen molar-refractivity contribution in [2.75, 3.05) is 0 Å². The number of aldehydes is 1. The third-order valence-corrected chi connectivity index (χ3v) is 3.46. The summed E-state index contributed by atoms with van der Waals surface area (Å²) in [4.78, 5) is 15.1. The summed E-state index contributed by atoms with van der Waals surface area (Å²) in [6, 6.07) is 13.5. The van der Waals surface area contributed by atoms with Crippen molar-refractivity contribution in [2.24, 2.45) is 0 Å². The second-order valence-corrected chi connectivity index (χ2v) is 4.66. The molecule has 3 rings (SSSR count). The van der Waals surface area contributed by atoms with Crippen LogP contribution in [0.3, 0.4) is 0 Å². The highest BCUT2D eigenvalue weighted by molar-refractivity contribution is 6.33. The third kappa shape index (κ3) is 2.11. The number of carbonyl (C=O) groups excluding carboxylic acids is 1. The fourth-order valence-electron chi connectivity index (χ4n) is 2.17. The summed E-state index contributed by atoms with van der Waals surface area (Å²) >= 11 is 5.96. The minimum absolute atomic E-state index is 0.470. The van der Waals surface area contributed by atoms with Crippen molar-refractivity contribution in [3.63, 3.8) is 0 Å². The molecule has 1 aromatic heterocycles. The standard InChI is InChI=1S/C16H10ClNO/c17-16-5-4-12(8-13(16)10-19)14-3-1-2-11-6-7-18-9-15(11)14/h1-10H. The van der Waals surface area contributed by atoms with E-state index in [2.05, 4.69) is 4.98 Å². The maximum atomic E-state index is 11.0. The molecule has 0 atom stereocenters. The van der Waals surface area contributed by atoms with E-state index in [0.717, 1.165) is 28.2 Å². The lowest BCUT2D eigenvalue weighted by Crippen LogP contribution is -1.86. The van der Waals surface area contributed by atoms with E-state index >= 15 is 0 Å². The van der Waals surface area contributed by atoms with Gasteiger partial charge in [0.2, 0.25) is 0 Å². The highest BCUT2D eigenvalue weighted by Crippen LogP contribution is 2.30. The van der Waals surface area contributed by atoms with Gasteiger partial charge < -0.3 is 0 Å². The van der Waals surface area contributed by atoms with Gasteiger partial charge in [0.05, 0.1) is 5.02 Å². The molecule has 0 aliphatic heterocycles. The largest absolute Gasteiger partial charge is 0.298 e. The Kier molecular flexibility index (Phi) is 3.02. The van der Waals surface area contributed by atoms with E-state index in [1.165, 1.54) is 0 Å². The van der Waals surface area contributed by atoms with Crippen molar-refractivity contribution in [1.82, 2.24) is 4.98 Å². The van der Waals surface area contributed by atoms with Crippen LogP contribution in [0.25, 0.3) is 21.9 Å². The number of hydrogen-bond acceptors (Lipinski definition) is 2. The van der Waals surface area contributed by atoms with Gasteiger partial charge in [-0.15, -0.1) is 0 Å². The number of nitrogens with zero attached hydrogens (tertiary/aromatic N) is 1. The van der Waals surface area contributed by atoms with Crippen molar-refractivity contribution in [1.29, 1.82) is 0 Å². The second kappa shape index (κ2) is 4.82. The first-order valence-corrected chi connectivity index (χ1v) is 6.25. The molecule has 3 aromatic rings. The van der Waals surface area contributed by atoms with E-state index < -0.39 is 0 Å². The first kappa shape index (κ1) is 11.9. The molecule has 0 bridgehead atoms. The van der Waals surface area contributed by atoms with Crippen molar-refractivity contribution in [3.8, 4) is 11.1 Å². The Morgan fingerprint density at radius 2 is 2.00 bits per heavy atom. The van der Waals surface area contributed by atoms with Crippen LogP contribution in [0, 0.1) is 0 Å². The third-order valence-electron chi connectivity index (χ3n) is 3.12. The molecule has 2 nitrogen and oxygen atoms in total. The van der Waals surface area contributed by atoms with Gasteiger partial charge in [-0.25, -0.2) is 0 Å². The highest BCUT2D eigenvalue weighted by atomic mass is 35.5. The van der Waals surface area contributed by atoms with Gasteiger partial charge in [-0.3, -0.25) is 9.78 Å². The molecule has 0 unspecified atom stereocenters. The lowest BCUT2D eigenvalue weighted by atomic mass is 9.98. The maximum Gasteiger partial charge on any atom is 0.151 e. The van der Waals surface area contributed by atoms with Gasteiger partial charge in [0.15, 0.2) is 6.29 Å². The van der Waals surface area contributed by atoms with Crippen molar-refractivity contribution >= 4 is 28.7 Å². The van der Waals surface area contributed by atoms with Crippen LogP contribution in [0.2, 0.25) is 5.02 Å². The summed E-state index contributed by atoms with van der Waals surface area (Å²) in [6.07, 6.45) is 4.37. The Morgan fingerprint density at radius 3 is 2.84 bits per heavy atom. The number of aromatic nitrogens is 1. The van der Waals surface area contributed by atoms with Gasteiger partial charge >= 0.3 is 0 Å². The molecule has 0 aliphatic carbocycles. The molecular formula is C16H10ClNO. The monoisotopic (exact) mass is 267 g/mol. The SMILES string of the molecule is O=Cc1cc(-c2cccc3ccncc23)ccc1Cl. The summed E-state index contributed by atoms with van der Waals surface area (Å²) < 4.78 is 0. The van der Waals surface area contributed by atoms with E-state index in [4.69, 9.17) is 11.6 Å². The quantitative estimate of drug-likeness (QED) is 0.646. The molecule has 0 radical (unpaired) electrons. The summed E-state index contributed by atoms with van der Waals surface area (Å²) in [7, 11) is 0. The zero-order valence-corrected chi connectivity index (χ0v) is 10.8. The summed E-state index contributed by atoms with van der Waals surface area (Å²) in [5.41, 5.74) is 2.51. The summed E-state index contributed by atoms with van der Waals surface area (Å²) in [6.45, 7) is 0. The number of benzene rings is 2. The fourth-order valence-corrected chi connectivity index (χ4v) is 2.33. The Bertz CT molecular complexity index is 762. The van der Waals surface area contributed by atoms with E-state index in [9.17, 15) is 4.79 Å². The molecule has 92 valence electrons. The number of fused-ring (bicyclic) bond motifs is 1. The number of carbonyl (C=O) groups is 1. The van der Waals surface area contributed by atoms with Gasteiger partial charge in [0.1, 0.15) is 0 Å².